The summed E-state index contributed by atoms with van der Waals surface area (Å²) >= 11 is 0. The quantitative estimate of drug-likeness (QED) is 0.857. The van der Waals surface area contributed by atoms with Gasteiger partial charge in [-0.3, -0.25) is 14.7 Å². The molecule has 1 fully saturated rings. The molecular formula is C15H17N3O5. The Morgan fingerprint density at radius 2 is 2.04 bits per heavy atom. The van der Waals surface area contributed by atoms with Gasteiger partial charge in [-0.15, -0.1) is 0 Å². The third-order valence-electron chi connectivity index (χ3n) is 4.20. The highest BCUT2D eigenvalue weighted by Gasteiger charge is 2.41. The maximum Gasteiger partial charge on any atom is 0.410 e. The van der Waals surface area contributed by atoms with Crippen LogP contribution in [0.4, 0.5) is 4.79 Å². The Labute approximate surface area is 132 Å². The summed E-state index contributed by atoms with van der Waals surface area (Å²) in [4.78, 5) is 41.7. The molecule has 0 aromatic carbocycles. The smallest absolute Gasteiger partial charge is 0.410 e. The molecule has 1 N–H and O–H groups in total. The van der Waals surface area contributed by atoms with E-state index < -0.39 is 24.2 Å². The molecule has 3 rings (SSSR count). The zero-order chi connectivity index (χ0) is 16.6. The highest BCUT2D eigenvalue weighted by Crippen LogP contribution is 2.25. The fourth-order valence-corrected chi connectivity index (χ4v) is 3.03. The average Bonchev–Trinajstić information content (AvgIpc) is 3.10. The molecule has 3 heterocycles. The summed E-state index contributed by atoms with van der Waals surface area (Å²) in [5.41, 5.74) is 2.00. The fourth-order valence-electron chi connectivity index (χ4n) is 3.03. The van der Waals surface area contributed by atoms with Crippen LogP contribution in [0.3, 0.4) is 0 Å². The van der Waals surface area contributed by atoms with Crippen molar-refractivity contribution in [2.75, 3.05) is 6.54 Å². The maximum absolute atomic E-state index is 12.3. The Bertz CT molecular complexity index is 615. The minimum Gasteiger partial charge on any atom is -0.480 e. The van der Waals surface area contributed by atoms with E-state index in [1.807, 2.05) is 6.07 Å². The normalized spacial score (nSPS) is 22.8. The second kappa shape index (κ2) is 5.86. The Balaban J connectivity index is 1.61. The number of hydrogen-bond donors (Lipinski definition) is 1. The topological polar surface area (TPSA) is 100 Å². The molecule has 1 aromatic rings. The lowest BCUT2D eigenvalue weighted by Gasteiger charge is -2.20. The van der Waals surface area contributed by atoms with Crippen LogP contribution in [0.15, 0.2) is 18.5 Å². The SMILES string of the molecule is CC(=O)N1C[C@H](OC(=O)N2Cc3ccncc3C2)C[C@H]1C(=O)O. The van der Waals surface area contributed by atoms with Crippen molar-refractivity contribution in [1.29, 1.82) is 0 Å². The highest BCUT2D eigenvalue weighted by atomic mass is 16.6. The van der Waals surface area contributed by atoms with E-state index in [0.29, 0.717) is 13.1 Å². The lowest BCUT2D eigenvalue weighted by Crippen LogP contribution is -2.39. The van der Waals surface area contributed by atoms with Gasteiger partial charge in [-0.05, 0) is 17.2 Å². The molecule has 2 atom stereocenters. The molecule has 0 unspecified atom stereocenters. The van der Waals surface area contributed by atoms with Crippen LogP contribution in [-0.2, 0) is 27.4 Å². The van der Waals surface area contributed by atoms with Gasteiger partial charge in [-0.1, -0.05) is 0 Å². The van der Waals surface area contributed by atoms with Crippen molar-refractivity contribution in [3.8, 4) is 0 Å². The molecule has 8 nitrogen and oxygen atoms in total. The van der Waals surface area contributed by atoms with E-state index in [1.54, 1.807) is 17.3 Å². The van der Waals surface area contributed by atoms with Crippen molar-refractivity contribution < 1.29 is 24.2 Å². The molecule has 2 amide bonds. The number of fused-ring (bicyclic) bond motifs is 1. The van der Waals surface area contributed by atoms with Crippen molar-refractivity contribution in [2.24, 2.45) is 0 Å². The van der Waals surface area contributed by atoms with Gasteiger partial charge in [0.05, 0.1) is 13.1 Å². The number of rotatable bonds is 2. The van der Waals surface area contributed by atoms with Crippen LogP contribution in [0.2, 0.25) is 0 Å². The van der Waals surface area contributed by atoms with Crippen molar-refractivity contribution in [2.45, 2.75) is 38.6 Å². The number of carboxylic acid groups (broad SMARTS) is 1. The van der Waals surface area contributed by atoms with E-state index in [4.69, 9.17) is 9.84 Å². The number of aromatic nitrogens is 1. The summed E-state index contributed by atoms with van der Waals surface area (Å²) in [6.07, 6.45) is 2.40. The lowest BCUT2D eigenvalue weighted by molar-refractivity contribution is -0.147. The zero-order valence-electron chi connectivity index (χ0n) is 12.6. The molecule has 2 aliphatic heterocycles. The van der Waals surface area contributed by atoms with E-state index in [-0.39, 0.29) is 18.9 Å². The van der Waals surface area contributed by atoms with Crippen molar-refractivity contribution in [1.82, 2.24) is 14.8 Å². The van der Waals surface area contributed by atoms with Crippen LogP contribution in [0.1, 0.15) is 24.5 Å². The van der Waals surface area contributed by atoms with Gasteiger partial charge in [0, 0.05) is 32.3 Å². The van der Waals surface area contributed by atoms with E-state index in [2.05, 4.69) is 4.98 Å². The number of hydrogen-bond acceptors (Lipinski definition) is 5. The number of aliphatic carboxylic acids is 1. The Morgan fingerprint density at radius 1 is 1.30 bits per heavy atom. The van der Waals surface area contributed by atoms with Gasteiger partial charge in [0.15, 0.2) is 0 Å². The van der Waals surface area contributed by atoms with Crippen molar-refractivity contribution >= 4 is 18.0 Å². The third kappa shape index (κ3) is 2.96. The molecular weight excluding hydrogens is 302 g/mol. The van der Waals surface area contributed by atoms with Gasteiger partial charge in [-0.2, -0.15) is 0 Å². The van der Waals surface area contributed by atoms with Gasteiger partial charge in [-0.25, -0.2) is 9.59 Å². The predicted octanol–water partition coefficient (Wildman–Crippen LogP) is 0.608. The van der Waals surface area contributed by atoms with Gasteiger partial charge < -0.3 is 14.7 Å². The molecule has 1 saturated heterocycles. The minimum atomic E-state index is -1.08. The summed E-state index contributed by atoms with van der Waals surface area (Å²) < 4.78 is 5.40. The number of nitrogens with zero attached hydrogens (tertiary/aromatic N) is 3. The Morgan fingerprint density at radius 3 is 2.65 bits per heavy atom. The molecule has 0 radical (unpaired) electrons. The molecule has 122 valence electrons. The fraction of sp³-hybridized carbons (Fsp3) is 0.467. The highest BCUT2D eigenvalue weighted by molar-refractivity contribution is 5.83. The number of pyridine rings is 1. The summed E-state index contributed by atoms with van der Waals surface area (Å²) in [5.74, 6) is -1.42. The Kier molecular flexibility index (Phi) is 3.89. The first-order valence-corrected chi connectivity index (χ1v) is 7.33. The largest absolute Gasteiger partial charge is 0.480 e. The van der Waals surface area contributed by atoms with Gasteiger partial charge in [0.25, 0.3) is 0 Å². The Hall–Kier alpha value is -2.64. The van der Waals surface area contributed by atoms with Gasteiger partial charge >= 0.3 is 12.1 Å². The predicted molar refractivity (Wildman–Crippen MR) is 77.2 cm³/mol. The third-order valence-corrected chi connectivity index (χ3v) is 4.20. The number of amides is 2. The van der Waals surface area contributed by atoms with Crippen LogP contribution < -0.4 is 0 Å². The van der Waals surface area contributed by atoms with Crippen LogP contribution in [0.5, 0.6) is 0 Å². The van der Waals surface area contributed by atoms with Crippen LogP contribution in [0.25, 0.3) is 0 Å². The van der Waals surface area contributed by atoms with E-state index in [0.717, 1.165) is 11.1 Å². The number of carbonyl (C=O) groups excluding carboxylic acids is 2. The number of carbonyl (C=O) groups is 3. The summed E-state index contributed by atoms with van der Waals surface area (Å²) in [5, 5.41) is 9.16. The number of carboxylic acids is 1. The zero-order valence-corrected chi connectivity index (χ0v) is 12.6. The molecule has 0 spiro atoms. The van der Waals surface area contributed by atoms with Gasteiger partial charge in [0.1, 0.15) is 12.1 Å². The molecule has 0 bridgehead atoms. The molecule has 1 aromatic heterocycles. The van der Waals surface area contributed by atoms with E-state index >= 15 is 0 Å². The summed E-state index contributed by atoms with van der Waals surface area (Å²) in [6, 6.07) is 0.918. The second-order valence-corrected chi connectivity index (χ2v) is 5.77. The summed E-state index contributed by atoms with van der Waals surface area (Å²) in [7, 11) is 0. The first-order chi connectivity index (χ1) is 11.0. The lowest BCUT2D eigenvalue weighted by atomic mass is 10.2. The number of likely N-dealkylation sites (tertiary alicyclic amines) is 1. The van der Waals surface area contributed by atoms with Crippen LogP contribution >= 0.6 is 0 Å². The standard InChI is InChI=1S/C15H17N3O5/c1-9(19)18-8-12(4-13(18)14(20)21)23-15(22)17-6-10-2-3-16-5-11(10)7-17/h2-3,5,12-13H,4,6-8H2,1H3,(H,20,21)/t12-,13+/m1/s1. The van der Waals surface area contributed by atoms with Gasteiger partial charge in [0.2, 0.25) is 5.91 Å². The van der Waals surface area contributed by atoms with E-state index in [9.17, 15) is 14.4 Å². The first kappa shape index (κ1) is 15.3. The molecule has 0 aliphatic carbocycles. The van der Waals surface area contributed by atoms with E-state index in [1.165, 1.54) is 11.8 Å². The maximum atomic E-state index is 12.3. The van der Waals surface area contributed by atoms with Crippen LogP contribution in [-0.4, -0.2) is 56.6 Å². The minimum absolute atomic E-state index is 0.111. The summed E-state index contributed by atoms with van der Waals surface area (Å²) in [6.45, 7) is 2.29. The van der Waals surface area contributed by atoms with Crippen molar-refractivity contribution in [3.05, 3.63) is 29.6 Å². The van der Waals surface area contributed by atoms with Crippen LogP contribution in [0, 0.1) is 0 Å². The van der Waals surface area contributed by atoms with Crippen molar-refractivity contribution in [3.63, 3.8) is 0 Å². The molecule has 2 aliphatic rings. The monoisotopic (exact) mass is 319 g/mol. The second-order valence-electron chi connectivity index (χ2n) is 5.77. The molecule has 0 saturated carbocycles. The molecule has 23 heavy (non-hydrogen) atoms. The first-order valence-electron chi connectivity index (χ1n) is 7.33. The average molecular weight is 319 g/mol. The number of ether oxygens (including phenoxy) is 1. The molecule has 8 heteroatoms.